The molecule has 2 heteroatoms. The van der Waals surface area contributed by atoms with E-state index in [9.17, 15) is 4.79 Å². The van der Waals surface area contributed by atoms with Crippen LogP contribution in [-0.4, -0.2) is 4.57 Å². The molecule has 0 spiro atoms. The molecular weight excluding hydrogens is 222 g/mol. The molecule has 0 atom stereocenters. The molecule has 3 aromatic rings. The maximum absolute atomic E-state index is 11.6. The fraction of sp³-hybridized carbons (Fsp3) is 0.0625. The van der Waals surface area contributed by atoms with Gasteiger partial charge < -0.3 is 4.57 Å². The second-order valence-electron chi connectivity index (χ2n) is 4.37. The second-order valence-corrected chi connectivity index (χ2v) is 4.37. The molecular formula is C16H13NO. The third-order valence-corrected chi connectivity index (χ3v) is 3.23. The van der Waals surface area contributed by atoms with Crippen molar-refractivity contribution in [2.75, 3.05) is 0 Å². The minimum Gasteiger partial charge on any atom is -0.311 e. The Morgan fingerprint density at radius 2 is 1.56 bits per heavy atom. The van der Waals surface area contributed by atoms with Crippen molar-refractivity contribution in [1.29, 1.82) is 0 Å². The van der Waals surface area contributed by atoms with E-state index in [-0.39, 0.29) is 5.56 Å². The number of aryl methyl sites for hydroxylation is 1. The van der Waals surface area contributed by atoms with E-state index in [0.717, 1.165) is 22.0 Å². The number of hydrogen-bond donors (Lipinski definition) is 0. The Morgan fingerprint density at radius 1 is 0.833 bits per heavy atom. The number of nitrogens with zero attached hydrogens (tertiary/aromatic N) is 1. The van der Waals surface area contributed by atoms with Crippen LogP contribution in [0.3, 0.4) is 0 Å². The van der Waals surface area contributed by atoms with E-state index >= 15 is 0 Å². The lowest BCUT2D eigenvalue weighted by Gasteiger charge is -2.07. The van der Waals surface area contributed by atoms with E-state index in [0.29, 0.717) is 0 Å². The first-order chi connectivity index (χ1) is 8.75. The molecule has 2 aromatic carbocycles. The SMILES string of the molecule is Cn1c(=O)ccc2ccc(-c3ccccc3)cc21. The van der Waals surface area contributed by atoms with Crippen LogP contribution < -0.4 is 5.56 Å². The average molecular weight is 235 g/mol. The van der Waals surface area contributed by atoms with Crippen molar-refractivity contribution in [3.05, 3.63) is 71.0 Å². The van der Waals surface area contributed by atoms with E-state index in [1.54, 1.807) is 17.7 Å². The lowest BCUT2D eigenvalue weighted by Crippen LogP contribution is -2.14. The summed E-state index contributed by atoms with van der Waals surface area (Å²) in [5.41, 5.74) is 3.27. The zero-order valence-corrected chi connectivity index (χ0v) is 10.1. The van der Waals surface area contributed by atoms with Crippen molar-refractivity contribution in [1.82, 2.24) is 4.57 Å². The molecule has 0 saturated carbocycles. The van der Waals surface area contributed by atoms with Crippen LogP contribution in [0.15, 0.2) is 65.5 Å². The van der Waals surface area contributed by atoms with Gasteiger partial charge in [-0.25, -0.2) is 0 Å². The predicted octanol–water partition coefficient (Wildman–Crippen LogP) is 3.21. The summed E-state index contributed by atoms with van der Waals surface area (Å²) in [5.74, 6) is 0. The molecule has 0 amide bonds. The van der Waals surface area contributed by atoms with Crippen LogP contribution in [0.5, 0.6) is 0 Å². The highest BCUT2D eigenvalue weighted by atomic mass is 16.1. The van der Waals surface area contributed by atoms with Crippen LogP contribution in [0.2, 0.25) is 0 Å². The summed E-state index contributed by atoms with van der Waals surface area (Å²) in [7, 11) is 1.80. The van der Waals surface area contributed by atoms with Gasteiger partial charge in [0.1, 0.15) is 0 Å². The molecule has 0 radical (unpaired) electrons. The van der Waals surface area contributed by atoms with Crippen LogP contribution in [0.4, 0.5) is 0 Å². The molecule has 0 aliphatic heterocycles. The Kier molecular flexibility index (Phi) is 2.49. The normalized spacial score (nSPS) is 10.7. The summed E-state index contributed by atoms with van der Waals surface area (Å²) >= 11 is 0. The first-order valence-electron chi connectivity index (χ1n) is 5.91. The van der Waals surface area contributed by atoms with Gasteiger partial charge in [0, 0.05) is 13.1 Å². The van der Waals surface area contributed by atoms with Gasteiger partial charge in [0.25, 0.3) is 5.56 Å². The Hall–Kier alpha value is -2.35. The van der Waals surface area contributed by atoms with Gasteiger partial charge in [-0.3, -0.25) is 4.79 Å². The van der Waals surface area contributed by atoms with Crippen molar-refractivity contribution in [3.8, 4) is 11.1 Å². The van der Waals surface area contributed by atoms with Crippen LogP contribution in [0.25, 0.3) is 22.0 Å². The minimum absolute atomic E-state index is 0.0210. The molecule has 1 aromatic heterocycles. The third kappa shape index (κ3) is 1.72. The molecule has 0 bridgehead atoms. The highest BCUT2D eigenvalue weighted by Gasteiger charge is 2.02. The molecule has 0 N–H and O–H groups in total. The minimum atomic E-state index is 0.0210. The number of aromatic nitrogens is 1. The highest BCUT2D eigenvalue weighted by Crippen LogP contribution is 2.23. The summed E-state index contributed by atoms with van der Waals surface area (Å²) in [6.45, 7) is 0. The number of benzene rings is 2. The van der Waals surface area contributed by atoms with Crippen molar-refractivity contribution >= 4 is 10.9 Å². The van der Waals surface area contributed by atoms with Gasteiger partial charge in [0.15, 0.2) is 0 Å². The summed E-state index contributed by atoms with van der Waals surface area (Å²) in [6, 6.07) is 19.8. The van der Waals surface area contributed by atoms with E-state index in [1.165, 1.54) is 0 Å². The van der Waals surface area contributed by atoms with Crippen LogP contribution in [-0.2, 0) is 7.05 Å². The number of rotatable bonds is 1. The maximum atomic E-state index is 11.6. The Morgan fingerprint density at radius 3 is 2.33 bits per heavy atom. The lowest BCUT2D eigenvalue weighted by molar-refractivity contribution is 0.906. The van der Waals surface area contributed by atoms with Gasteiger partial charge in [-0.2, -0.15) is 0 Å². The molecule has 0 unspecified atom stereocenters. The standard InChI is InChI=1S/C16H13NO/c1-17-15-11-14(12-5-3-2-4-6-12)8-7-13(15)9-10-16(17)18/h2-11H,1H3. The van der Waals surface area contributed by atoms with Crippen molar-refractivity contribution < 1.29 is 0 Å². The third-order valence-electron chi connectivity index (χ3n) is 3.23. The molecule has 2 nitrogen and oxygen atoms in total. The summed E-state index contributed by atoms with van der Waals surface area (Å²) < 4.78 is 1.68. The van der Waals surface area contributed by atoms with Crippen LogP contribution >= 0.6 is 0 Å². The monoisotopic (exact) mass is 235 g/mol. The Labute approximate surface area is 105 Å². The first-order valence-corrected chi connectivity index (χ1v) is 5.91. The fourth-order valence-electron chi connectivity index (χ4n) is 2.18. The number of pyridine rings is 1. The van der Waals surface area contributed by atoms with Gasteiger partial charge in [-0.15, -0.1) is 0 Å². The number of fused-ring (bicyclic) bond motifs is 1. The molecule has 0 aliphatic carbocycles. The van der Waals surface area contributed by atoms with E-state index in [4.69, 9.17) is 0 Å². The van der Waals surface area contributed by atoms with Gasteiger partial charge in [-0.05, 0) is 28.6 Å². The van der Waals surface area contributed by atoms with Crippen molar-refractivity contribution in [3.63, 3.8) is 0 Å². The van der Waals surface area contributed by atoms with Gasteiger partial charge >= 0.3 is 0 Å². The highest BCUT2D eigenvalue weighted by molar-refractivity contribution is 5.84. The molecule has 0 saturated heterocycles. The lowest BCUT2D eigenvalue weighted by atomic mass is 10.0. The fourth-order valence-corrected chi connectivity index (χ4v) is 2.18. The zero-order valence-electron chi connectivity index (χ0n) is 10.1. The summed E-state index contributed by atoms with van der Waals surface area (Å²) in [6.07, 6.45) is 0. The summed E-state index contributed by atoms with van der Waals surface area (Å²) in [4.78, 5) is 11.6. The zero-order chi connectivity index (χ0) is 12.5. The van der Waals surface area contributed by atoms with E-state index in [2.05, 4.69) is 30.3 Å². The Balaban J connectivity index is 2.28. The first kappa shape index (κ1) is 10.8. The second kappa shape index (κ2) is 4.15. The molecule has 0 fully saturated rings. The van der Waals surface area contributed by atoms with Gasteiger partial charge in [-0.1, -0.05) is 42.5 Å². The van der Waals surface area contributed by atoms with E-state index < -0.39 is 0 Å². The van der Waals surface area contributed by atoms with Gasteiger partial charge in [0.2, 0.25) is 0 Å². The molecule has 0 aliphatic rings. The maximum Gasteiger partial charge on any atom is 0.250 e. The molecule has 1 heterocycles. The molecule has 88 valence electrons. The van der Waals surface area contributed by atoms with Crippen LogP contribution in [0.1, 0.15) is 0 Å². The van der Waals surface area contributed by atoms with Crippen LogP contribution in [0, 0.1) is 0 Å². The molecule has 18 heavy (non-hydrogen) atoms. The smallest absolute Gasteiger partial charge is 0.250 e. The Bertz CT molecular complexity index is 757. The summed E-state index contributed by atoms with van der Waals surface area (Å²) in [5, 5.41) is 1.08. The topological polar surface area (TPSA) is 22.0 Å². The molecule has 3 rings (SSSR count). The predicted molar refractivity (Wildman–Crippen MR) is 74.6 cm³/mol. The largest absolute Gasteiger partial charge is 0.311 e. The van der Waals surface area contributed by atoms with Crippen molar-refractivity contribution in [2.45, 2.75) is 0 Å². The van der Waals surface area contributed by atoms with Gasteiger partial charge in [0.05, 0.1) is 5.52 Å². The van der Waals surface area contributed by atoms with Crippen molar-refractivity contribution in [2.24, 2.45) is 7.05 Å². The quantitative estimate of drug-likeness (QED) is 0.635. The van der Waals surface area contributed by atoms with E-state index in [1.807, 2.05) is 24.3 Å². The number of hydrogen-bond acceptors (Lipinski definition) is 1. The average Bonchev–Trinajstić information content (AvgIpc) is 2.44.